The number of benzene rings is 2. The molecule has 0 unspecified atom stereocenters. The number of carbonyl (C=O) groups excluding carboxylic acids is 1. The molecule has 0 aromatic heterocycles. The predicted octanol–water partition coefficient (Wildman–Crippen LogP) is 3.83. The monoisotopic (exact) mass is 313 g/mol. The number of aryl methyl sites for hydroxylation is 1. The van der Waals surface area contributed by atoms with E-state index in [0.717, 1.165) is 11.1 Å². The number of anilines is 1. The fraction of sp³-hybridized carbons (Fsp3) is 0.235. The molecule has 1 atom stereocenters. The van der Waals surface area contributed by atoms with Crippen molar-refractivity contribution in [3.63, 3.8) is 0 Å². The molecular weight excluding hydrogens is 294 g/mol. The third-order valence-corrected chi connectivity index (χ3v) is 3.62. The highest BCUT2D eigenvalue weighted by Crippen LogP contribution is 2.21. The van der Waals surface area contributed by atoms with E-state index in [1.165, 1.54) is 12.1 Å². The number of nitro groups is 1. The molecule has 0 spiro atoms. The Labute approximate surface area is 134 Å². The van der Waals surface area contributed by atoms with Crippen molar-refractivity contribution in [2.75, 3.05) is 11.9 Å². The number of hydrogen-bond donors (Lipinski definition) is 2. The number of hydrogen-bond acceptors (Lipinski definition) is 3. The normalized spacial score (nSPS) is 11.6. The maximum absolute atomic E-state index is 12.0. The molecule has 0 radical (unpaired) electrons. The molecule has 0 aliphatic heterocycles. The zero-order valence-corrected chi connectivity index (χ0v) is 13.1. The molecule has 120 valence electrons. The summed E-state index contributed by atoms with van der Waals surface area (Å²) < 4.78 is 0. The molecule has 0 aliphatic carbocycles. The van der Waals surface area contributed by atoms with Gasteiger partial charge < -0.3 is 10.6 Å². The molecule has 0 saturated carbocycles. The van der Waals surface area contributed by atoms with Gasteiger partial charge in [-0.05, 0) is 24.0 Å². The SMILES string of the molecule is Cc1ccc([N+](=O)[O-])cc1NC(=O)NC[C@H](C)c1ccccc1. The Morgan fingerprint density at radius 1 is 1.22 bits per heavy atom. The van der Waals surface area contributed by atoms with E-state index < -0.39 is 4.92 Å². The van der Waals surface area contributed by atoms with E-state index in [1.54, 1.807) is 13.0 Å². The van der Waals surface area contributed by atoms with Crippen LogP contribution in [0.3, 0.4) is 0 Å². The van der Waals surface area contributed by atoms with Gasteiger partial charge in [-0.1, -0.05) is 43.3 Å². The van der Waals surface area contributed by atoms with E-state index in [9.17, 15) is 14.9 Å². The van der Waals surface area contributed by atoms with Crippen LogP contribution in [0.25, 0.3) is 0 Å². The summed E-state index contributed by atoms with van der Waals surface area (Å²) in [6.07, 6.45) is 0. The number of urea groups is 1. The van der Waals surface area contributed by atoms with Crippen molar-refractivity contribution in [3.8, 4) is 0 Å². The summed E-state index contributed by atoms with van der Waals surface area (Å²) in [5.41, 5.74) is 2.29. The summed E-state index contributed by atoms with van der Waals surface area (Å²) in [5, 5.41) is 16.2. The lowest BCUT2D eigenvalue weighted by atomic mass is 10.0. The molecule has 6 nitrogen and oxygen atoms in total. The van der Waals surface area contributed by atoms with Crippen LogP contribution < -0.4 is 10.6 Å². The maximum Gasteiger partial charge on any atom is 0.319 e. The Hall–Kier alpha value is -2.89. The Bertz CT molecular complexity index is 701. The van der Waals surface area contributed by atoms with Crippen molar-refractivity contribution in [2.45, 2.75) is 19.8 Å². The number of carbonyl (C=O) groups is 1. The van der Waals surface area contributed by atoms with Gasteiger partial charge in [-0.15, -0.1) is 0 Å². The molecule has 2 amide bonds. The lowest BCUT2D eigenvalue weighted by Crippen LogP contribution is -2.32. The van der Waals surface area contributed by atoms with E-state index in [4.69, 9.17) is 0 Å². The molecular formula is C17H19N3O3. The number of amides is 2. The minimum atomic E-state index is -0.486. The quantitative estimate of drug-likeness (QED) is 0.650. The predicted molar refractivity (Wildman–Crippen MR) is 89.7 cm³/mol. The molecule has 2 rings (SSSR count). The second kappa shape index (κ2) is 7.40. The van der Waals surface area contributed by atoms with Gasteiger partial charge in [0.05, 0.1) is 10.6 Å². The van der Waals surface area contributed by atoms with Crippen molar-refractivity contribution in [3.05, 3.63) is 69.8 Å². The third-order valence-electron chi connectivity index (χ3n) is 3.62. The fourth-order valence-electron chi connectivity index (χ4n) is 2.17. The minimum absolute atomic E-state index is 0.0523. The van der Waals surface area contributed by atoms with Crippen LogP contribution >= 0.6 is 0 Å². The number of nitrogens with zero attached hydrogens (tertiary/aromatic N) is 1. The number of rotatable bonds is 5. The summed E-state index contributed by atoms with van der Waals surface area (Å²) in [4.78, 5) is 22.3. The standard InChI is InChI=1S/C17H19N3O3/c1-12-8-9-15(20(22)23)10-16(12)19-17(21)18-11-13(2)14-6-4-3-5-7-14/h3-10,13H,11H2,1-2H3,(H2,18,19,21)/t13-/m0/s1. The molecule has 23 heavy (non-hydrogen) atoms. The number of nitro benzene ring substituents is 1. The lowest BCUT2D eigenvalue weighted by molar-refractivity contribution is -0.384. The van der Waals surface area contributed by atoms with Gasteiger partial charge in [0.1, 0.15) is 0 Å². The van der Waals surface area contributed by atoms with Crippen LogP contribution in [0, 0.1) is 17.0 Å². The van der Waals surface area contributed by atoms with Crippen LogP contribution in [-0.2, 0) is 0 Å². The van der Waals surface area contributed by atoms with Gasteiger partial charge in [0.25, 0.3) is 5.69 Å². The fourth-order valence-corrected chi connectivity index (χ4v) is 2.17. The summed E-state index contributed by atoms with van der Waals surface area (Å²) >= 11 is 0. The van der Waals surface area contributed by atoms with Crippen LogP contribution in [-0.4, -0.2) is 17.5 Å². The minimum Gasteiger partial charge on any atom is -0.337 e. The molecule has 0 bridgehead atoms. The van der Waals surface area contributed by atoms with E-state index in [2.05, 4.69) is 10.6 Å². The summed E-state index contributed by atoms with van der Waals surface area (Å²) in [6, 6.07) is 13.9. The van der Waals surface area contributed by atoms with Crippen molar-refractivity contribution in [1.82, 2.24) is 5.32 Å². The van der Waals surface area contributed by atoms with Crippen molar-refractivity contribution in [2.24, 2.45) is 0 Å². The van der Waals surface area contributed by atoms with Gasteiger partial charge in [-0.2, -0.15) is 0 Å². The topological polar surface area (TPSA) is 84.3 Å². The summed E-state index contributed by atoms with van der Waals surface area (Å²) in [7, 11) is 0. The van der Waals surface area contributed by atoms with Gasteiger partial charge in [0.15, 0.2) is 0 Å². The molecule has 0 saturated heterocycles. The molecule has 0 heterocycles. The molecule has 2 aromatic carbocycles. The van der Waals surface area contributed by atoms with Gasteiger partial charge in [-0.3, -0.25) is 10.1 Å². The van der Waals surface area contributed by atoms with Gasteiger partial charge >= 0.3 is 6.03 Å². The highest BCUT2D eigenvalue weighted by molar-refractivity contribution is 5.90. The zero-order valence-electron chi connectivity index (χ0n) is 13.1. The average Bonchev–Trinajstić information content (AvgIpc) is 2.55. The van der Waals surface area contributed by atoms with E-state index in [1.807, 2.05) is 37.3 Å². The van der Waals surface area contributed by atoms with Gasteiger partial charge in [0, 0.05) is 18.7 Å². The summed E-state index contributed by atoms with van der Waals surface area (Å²) in [6.45, 7) is 4.28. The maximum atomic E-state index is 12.0. The molecule has 0 fully saturated rings. The first-order valence-corrected chi connectivity index (χ1v) is 7.32. The van der Waals surface area contributed by atoms with E-state index in [-0.39, 0.29) is 17.6 Å². The molecule has 2 N–H and O–H groups in total. The lowest BCUT2D eigenvalue weighted by Gasteiger charge is -2.14. The Morgan fingerprint density at radius 3 is 2.57 bits per heavy atom. The van der Waals surface area contributed by atoms with Crippen molar-refractivity contribution in [1.29, 1.82) is 0 Å². The highest BCUT2D eigenvalue weighted by atomic mass is 16.6. The number of nitrogens with one attached hydrogen (secondary N) is 2. The van der Waals surface area contributed by atoms with Crippen LogP contribution in [0.2, 0.25) is 0 Å². The second-order valence-electron chi connectivity index (χ2n) is 5.40. The Kier molecular flexibility index (Phi) is 5.30. The molecule has 2 aromatic rings. The number of non-ortho nitro benzene ring substituents is 1. The first kappa shape index (κ1) is 16.5. The van der Waals surface area contributed by atoms with Crippen LogP contribution in [0.1, 0.15) is 24.0 Å². The first-order chi connectivity index (χ1) is 11.0. The van der Waals surface area contributed by atoms with Crippen LogP contribution in [0.5, 0.6) is 0 Å². The zero-order chi connectivity index (χ0) is 16.8. The average molecular weight is 313 g/mol. The second-order valence-corrected chi connectivity index (χ2v) is 5.40. The largest absolute Gasteiger partial charge is 0.337 e. The van der Waals surface area contributed by atoms with Crippen LogP contribution in [0.4, 0.5) is 16.2 Å². The molecule has 6 heteroatoms. The van der Waals surface area contributed by atoms with Gasteiger partial charge in [0.2, 0.25) is 0 Å². The van der Waals surface area contributed by atoms with E-state index in [0.29, 0.717) is 12.2 Å². The summed E-state index contributed by atoms with van der Waals surface area (Å²) in [5.74, 6) is 0.174. The van der Waals surface area contributed by atoms with Crippen molar-refractivity contribution >= 4 is 17.4 Å². The Balaban J connectivity index is 1.95. The first-order valence-electron chi connectivity index (χ1n) is 7.32. The Morgan fingerprint density at radius 2 is 1.91 bits per heavy atom. The smallest absolute Gasteiger partial charge is 0.319 e. The van der Waals surface area contributed by atoms with Gasteiger partial charge in [-0.25, -0.2) is 4.79 Å². The third kappa shape index (κ3) is 4.54. The van der Waals surface area contributed by atoms with E-state index >= 15 is 0 Å². The van der Waals surface area contributed by atoms with Crippen LogP contribution in [0.15, 0.2) is 48.5 Å². The molecule has 0 aliphatic rings. The highest BCUT2D eigenvalue weighted by Gasteiger charge is 2.12. The van der Waals surface area contributed by atoms with Crippen molar-refractivity contribution < 1.29 is 9.72 Å².